The van der Waals surface area contributed by atoms with Crippen LogP contribution < -0.4 is 9.64 Å². The van der Waals surface area contributed by atoms with Crippen LogP contribution in [0.5, 0.6) is 6.01 Å². The lowest BCUT2D eigenvalue weighted by molar-refractivity contribution is -0.141. The second-order valence-corrected chi connectivity index (χ2v) is 9.88. The molecule has 33 heavy (non-hydrogen) atoms. The number of fused-ring (bicyclic) bond motifs is 1. The van der Waals surface area contributed by atoms with Crippen molar-refractivity contribution in [1.82, 2.24) is 19.3 Å². The number of anilines is 1. The fraction of sp³-hybridized carbons (Fsp3) is 0.333. The number of hydrogen-bond donors (Lipinski definition) is 1. The van der Waals surface area contributed by atoms with E-state index in [0.717, 1.165) is 16.4 Å². The number of thiazole rings is 1. The summed E-state index contributed by atoms with van der Waals surface area (Å²) < 4.78 is 70.8. The smallest absolute Gasteiger partial charge is 0.416 e. The van der Waals surface area contributed by atoms with E-state index in [2.05, 4.69) is 15.0 Å². The fourth-order valence-corrected chi connectivity index (χ4v) is 5.80. The van der Waals surface area contributed by atoms with E-state index in [1.54, 1.807) is 4.90 Å². The van der Waals surface area contributed by atoms with Gasteiger partial charge in [0.15, 0.2) is 10.8 Å². The van der Waals surface area contributed by atoms with Gasteiger partial charge in [-0.25, -0.2) is 13.4 Å². The predicted octanol–water partition coefficient (Wildman–Crippen LogP) is 2.08. The monoisotopic (exact) mass is 503 g/mol. The van der Waals surface area contributed by atoms with Gasteiger partial charge >= 0.3 is 18.2 Å². The van der Waals surface area contributed by atoms with Crippen molar-refractivity contribution in [2.75, 3.05) is 31.6 Å². The molecule has 1 atom stereocenters. The third kappa shape index (κ3) is 4.43. The lowest BCUT2D eigenvalue weighted by Crippen LogP contribution is -2.58. The van der Waals surface area contributed by atoms with Crippen molar-refractivity contribution in [2.24, 2.45) is 0 Å². The number of methoxy groups -OCH3 is 1. The molecule has 2 aromatic heterocycles. The van der Waals surface area contributed by atoms with Gasteiger partial charge < -0.3 is 14.7 Å². The van der Waals surface area contributed by atoms with Crippen LogP contribution in [0.4, 0.5) is 18.3 Å². The number of carboxylic acid groups (broad SMARTS) is 1. The Balaban J connectivity index is 1.60. The minimum atomic E-state index is -4.62. The molecule has 0 unspecified atom stereocenters. The summed E-state index contributed by atoms with van der Waals surface area (Å²) in [6.07, 6.45) is -3.11. The van der Waals surface area contributed by atoms with E-state index in [1.165, 1.54) is 24.6 Å². The SMILES string of the molecule is COc1ncc2sc(N3CCN(S(=O)(=O)c4ccc(C(F)(F)F)cc4)[C@@H](C(=O)O)C3)nc2n1. The Labute approximate surface area is 189 Å². The van der Waals surface area contributed by atoms with E-state index in [9.17, 15) is 31.5 Å². The minimum absolute atomic E-state index is 0.119. The van der Waals surface area contributed by atoms with Crippen LogP contribution in [0.3, 0.4) is 0 Å². The van der Waals surface area contributed by atoms with Gasteiger partial charge in [0, 0.05) is 19.6 Å². The molecular weight excluding hydrogens is 487 g/mol. The van der Waals surface area contributed by atoms with Crippen molar-refractivity contribution in [3.63, 3.8) is 0 Å². The van der Waals surface area contributed by atoms with Gasteiger partial charge in [-0.2, -0.15) is 27.4 Å². The molecule has 1 N–H and O–H groups in total. The molecule has 0 aliphatic carbocycles. The lowest BCUT2D eigenvalue weighted by atomic mass is 10.2. The van der Waals surface area contributed by atoms with Gasteiger partial charge in [-0.05, 0) is 24.3 Å². The van der Waals surface area contributed by atoms with Crippen molar-refractivity contribution in [3.8, 4) is 6.01 Å². The maximum absolute atomic E-state index is 13.0. The maximum atomic E-state index is 13.0. The van der Waals surface area contributed by atoms with Crippen LogP contribution in [-0.4, -0.2) is 71.5 Å². The van der Waals surface area contributed by atoms with Crippen LogP contribution in [-0.2, 0) is 21.0 Å². The number of rotatable bonds is 5. The number of sulfonamides is 1. The summed E-state index contributed by atoms with van der Waals surface area (Å²) in [7, 11) is -2.95. The molecule has 10 nitrogen and oxygen atoms in total. The van der Waals surface area contributed by atoms with Gasteiger partial charge in [-0.15, -0.1) is 0 Å². The van der Waals surface area contributed by atoms with Crippen molar-refractivity contribution < 1.29 is 36.2 Å². The zero-order valence-corrected chi connectivity index (χ0v) is 18.5. The standard InChI is InChI=1S/C18H16F3N5O5S2/c1-31-16-22-8-13-14(23-16)24-17(32-13)25-6-7-26(12(9-25)15(27)28)33(29,30)11-4-2-10(3-5-11)18(19,20)21/h2-5,8,12H,6-7,9H2,1H3,(H,27,28)/t12-/m1/s1. The number of nitrogens with zero attached hydrogens (tertiary/aromatic N) is 5. The Morgan fingerprint density at radius 3 is 2.52 bits per heavy atom. The number of piperazine rings is 1. The maximum Gasteiger partial charge on any atom is 0.416 e. The molecule has 1 saturated heterocycles. The van der Waals surface area contributed by atoms with Crippen molar-refractivity contribution in [2.45, 2.75) is 17.1 Å². The van der Waals surface area contributed by atoms with Gasteiger partial charge in [-0.3, -0.25) is 4.79 Å². The third-order valence-corrected chi connectivity index (χ3v) is 7.94. The number of aliphatic carboxylic acids is 1. The molecule has 3 aromatic rings. The first kappa shape index (κ1) is 23.1. The average molecular weight is 503 g/mol. The number of alkyl halides is 3. The largest absolute Gasteiger partial charge is 0.480 e. The van der Waals surface area contributed by atoms with Gasteiger partial charge in [0.2, 0.25) is 10.0 Å². The minimum Gasteiger partial charge on any atom is -0.480 e. The molecular formula is C18H16F3N5O5S2. The molecule has 3 heterocycles. The summed E-state index contributed by atoms with van der Waals surface area (Å²) in [5.74, 6) is -1.39. The molecule has 1 aliphatic heterocycles. The number of ether oxygens (including phenoxy) is 1. The van der Waals surface area contributed by atoms with E-state index in [1.807, 2.05) is 0 Å². The average Bonchev–Trinajstić information content (AvgIpc) is 3.21. The van der Waals surface area contributed by atoms with Crippen LogP contribution >= 0.6 is 11.3 Å². The molecule has 1 aliphatic rings. The highest BCUT2D eigenvalue weighted by Gasteiger charge is 2.41. The Hall–Kier alpha value is -3.04. The van der Waals surface area contributed by atoms with Gasteiger partial charge in [0.05, 0.1) is 28.5 Å². The van der Waals surface area contributed by atoms with E-state index in [4.69, 9.17) is 4.74 Å². The van der Waals surface area contributed by atoms with Crippen molar-refractivity contribution >= 4 is 42.8 Å². The first-order chi connectivity index (χ1) is 15.5. The Kier molecular flexibility index (Phi) is 5.88. The highest BCUT2D eigenvalue weighted by molar-refractivity contribution is 7.89. The molecule has 0 amide bonds. The van der Waals surface area contributed by atoms with Crippen LogP contribution in [0.15, 0.2) is 35.4 Å². The van der Waals surface area contributed by atoms with E-state index >= 15 is 0 Å². The number of hydrogen-bond acceptors (Lipinski definition) is 9. The summed E-state index contributed by atoms with van der Waals surface area (Å²) >= 11 is 1.21. The Morgan fingerprint density at radius 1 is 1.21 bits per heavy atom. The van der Waals surface area contributed by atoms with Gasteiger partial charge in [0.1, 0.15) is 6.04 Å². The zero-order valence-electron chi connectivity index (χ0n) is 16.9. The second-order valence-electron chi connectivity index (χ2n) is 6.98. The number of halogens is 3. The summed E-state index contributed by atoms with van der Waals surface area (Å²) in [5.41, 5.74) is -0.648. The molecule has 0 radical (unpaired) electrons. The van der Waals surface area contributed by atoms with Crippen LogP contribution in [0, 0.1) is 0 Å². The molecule has 0 bridgehead atoms. The van der Waals surface area contributed by atoms with Gasteiger partial charge in [0.25, 0.3) is 0 Å². The van der Waals surface area contributed by atoms with Gasteiger partial charge in [-0.1, -0.05) is 11.3 Å². The van der Waals surface area contributed by atoms with E-state index in [-0.39, 0.29) is 25.6 Å². The van der Waals surface area contributed by atoms with Crippen molar-refractivity contribution in [1.29, 1.82) is 0 Å². The molecule has 1 fully saturated rings. The summed E-state index contributed by atoms with van der Waals surface area (Å²) in [4.78, 5) is 25.6. The summed E-state index contributed by atoms with van der Waals surface area (Å²) in [6, 6.07) is 1.59. The molecule has 0 spiro atoms. The zero-order chi connectivity index (χ0) is 24.0. The lowest BCUT2D eigenvalue weighted by Gasteiger charge is -2.38. The number of carboxylic acids is 1. The Bertz CT molecular complexity index is 1300. The van der Waals surface area contributed by atoms with E-state index < -0.39 is 38.7 Å². The molecule has 176 valence electrons. The molecule has 4 rings (SSSR count). The van der Waals surface area contributed by atoms with Crippen LogP contribution in [0.1, 0.15) is 5.56 Å². The first-order valence-corrected chi connectivity index (χ1v) is 11.6. The summed E-state index contributed by atoms with van der Waals surface area (Å²) in [6.45, 7) is -0.293. The summed E-state index contributed by atoms with van der Waals surface area (Å²) in [5, 5.41) is 10.1. The quantitative estimate of drug-likeness (QED) is 0.557. The molecule has 0 saturated carbocycles. The Morgan fingerprint density at radius 2 is 1.91 bits per heavy atom. The van der Waals surface area contributed by atoms with Crippen LogP contribution in [0.25, 0.3) is 10.3 Å². The number of carbonyl (C=O) groups is 1. The molecule has 1 aromatic carbocycles. The van der Waals surface area contributed by atoms with E-state index in [0.29, 0.717) is 27.6 Å². The van der Waals surface area contributed by atoms with Crippen LogP contribution in [0.2, 0.25) is 0 Å². The predicted molar refractivity (Wildman–Crippen MR) is 111 cm³/mol. The molecule has 15 heteroatoms. The number of benzene rings is 1. The highest BCUT2D eigenvalue weighted by Crippen LogP contribution is 2.33. The topological polar surface area (TPSA) is 126 Å². The fourth-order valence-electron chi connectivity index (χ4n) is 3.32. The first-order valence-electron chi connectivity index (χ1n) is 9.35. The number of aromatic nitrogens is 3. The second kappa shape index (κ2) is 8.39. The normalized spacial score (nSPS) is 17.9. The third-order valence-electron chi connectivity index (χ3n) is 4.97. The highest BCUT2D eigenvalue weighted by atomic mass is 32.2. The van der Waals surface area contributed by atoms with Crippen molar-refractivity contribution in [3.05, 3.63) is 36.0 Å².